The van der Waals surface area contributed by atoms with Gasteiger partial charge < -0.3 is 9.80 Å². The van der Waals surface area contributed by atoms with E-state index in [4.69, 9.17) is 0 Å². The number of amides is 2. The van der Waals surface area contributed by atoms with E-state index in [1.54, 1.807) is 24.3 Å². The first-order valence-electron chi connectivity index (χ1n) is 11.7. The van der Waals surface area contributed by atoms with Crippen LogP contribution in [0.25, 0.3) is 0 Å². The Kier molecular flexibility index (Phi) is 8.67. The van der Waals surface area contributed by atoms with E-state index in [0.717, 1.165) is 44.6 Å². The van der Waals surface area contributed by atoms with Crippen molar-refractivity contribution in [1.29, 1.82) is 0 Å². The first-order chi connectivity index (χ1) is 15.3. The molecule has 32 heavy (non-hydrogen) atoms. The smallest absolute Gasteiger partial charge is 0.243 e. The molecule has 2 amide bonds. The largest absolute Gasteiger partial charge is 0.342 e. The maximum atomic E-state index is 12.6. The van der Waals surface area contributed by atoms with Gasteiger partial charge in [0.05, 0.1) is 11.4 Å². The van der Waals surface area contributed by atoms with Gasteiger partial charge in [-0.2, -0.15) is 4.31 Å². The average molecular weight is 465 g/mol. The van der Waals surface area contributed by atoms with E-state index in [0.29, 0.717) is 45.6 Å². The Morgan fingerprint density at radius 3 is 1.97 bits per heavy atom. The molecular weight excluding hydrogens is 428 g/mol. The molecule has 1 aromatic rings. The lowest BCUT2D eigenvalue weighted by Crippen LogP contribution is -2.51. The molecule has 9 heteroatoms. The minimum Gasteiger partial charge on any atom is -0.342 e. The molecule has 0 atom stereocenters. The molecule has 0 unspecified atom stereocenters. The number of likely N-dealkylation sites (tertiary alicyclic amines) is 1. The van der Waals surface area contributed by atoms with E-state index >= 15 is 0 Å². The zero-order valence-electron chi connectivity index (χ0n) is 19.3. The van der Waals surface area contributed by atoms with Crippen LogP contribution in [0, 0.1) is 0 Å². The number of sulfonamides is 1. The number of hydrogen-bond donors (Lipinski definition) is 0. The molecule has 0 saturated carbocycles. The highest BCUT2D eigenvalue weighted by atomic mass is 32.2. The first-order valence-corrected chi connectivity index (χ1v) is 13.2. The lowest BCUT2D eigenvalue weighted by atomic mass is 10.1. The van der Waals surface area contributed by atoms with Gasteiger partial charge in [-0.1, -0.05) is 26.0 Å². The number of piperazine rings is 1. The van der Waals surface area contributed by atoms with Crippen LogP contribution in [0.15, 0.2) is 29.2 Å². The molecule has 0 aromatic heterocycles. The molecule has 0 aliphatic carbocycles. The van der Waals surface area contributed by atoms with Crippen LogP contribution in [0.2, 0.25) is 0 Å². The monoisotopic (exact) mass is 464 g/mol. The van der Waals surface area contributed by atoms with Gasteiger partial charge in [-0.25, -0.2) is 8.42 Å². The first kappa shape index (κ1) is 24.7. The summed E-state index contributed by atoms with van der Waals surface area (Å²) in [7, 11) is -3.46. The summed E-state index contributed by atoms with van der Waals surface area (Å²) in [6.45, 7) is 9.47. The van der Waals surface area contributed by atoms with Gasteiger partial charge in [-0.05, 0) is 37.0 Å². The number of nitrogens with zero attached hydrogens (tertiary/aromatic N) is 4. The zero-order chi connectivity index (χ0) is 23.1. The maximum absolute atomic E-state index is 12.6. The van der Waals surface area contributed by atoms with Crippen molar-refractivity contribution < 1.29 is 18.0 Å². The Morgan fingerprint density at radius 1 is 0.844 bits per heavy atom. The highest BCUT2D eigenvalue weighted by Gasteiger charge is 2.25. The predicted octanol–water partition coefficient (Wildman–Crippen LogP) is 1.42. The Labute approximate surface area is 192 Å². The Hall–Kier alpha value is -1.97. The molecule has 0 spiro atoms. The van der Waals surface area contributed by atoms with Crippen LogP contribution in [0.4, 0.5) is 0 Å². The van der Waals surface area contributed by atoms with Crippen molar-refractivity contribution in [2.24, 2.45) is 0 Å². The zero-order valence-corrected chi connectivity index (χ0v) is 20.1. The molecule has 0 N–H and O–H groups in total. The minimum absolute atomic E-state index is 0.107. The number of benzene rings is 1. The van der Waals surface area contributed by atoms with Gasteiger partial charge in [0.15, 0.2) is 0 Å². The minimum atomic E-state index is -3.46. The second-order valence-electron chi connectivity index (χ2n) is 8.48. The van der Waals surface area contributed by atoms with E-state index in [1.165, 1.54) is 4.31 Å². The normalized spacial score (nSPS) is 17.8. The second kappa shape index (κ2) is 11.2. The van der Waals surface area contributed by atoms with Crippen molar-refractivity contribution in [2.75, 3.05) is 58.9 Å². The highest BCUT2D eigenvalue weighted by Crippen LogP contribution is 2.17. The van der Waals surface area contributed by atoms with Gasteiger partial charge in [0.1, 0.15) is 0 Å². The summed E-state index contributed by atoms with van der Waals surface area (Å²) in [5.74, 6) is 0.309. The van der Waals surface area contributed by atoms with Crippen molar-refractivity contribution in [1.82, 2.24) is 19.0 Å². The van der Waals surface area contributed by atoms with E-state index in [-0.39, 0.29) is 16.7 Å². The maximum Gasteiger partial charge on any atom is 0.243 e. The van der Waals surface area contributed by atoms with Crippen molar-refractivity contribution in [3.8, 4) is 0 Å². The average Bonchev–Trinajstić information content (AvgIpc) is 3.34. The number of hydrogen-bond acceptors (Lipinski definition) is 5. The molecule has 2 heterocycles. The van der Waals surface area contributed by atoms with Gasteiger partial charge in [0.2, 0.25) is 21.8 Å². The van der Waals surface area contributed by atoms with E-state index in [1.807, 2.05) is 23.6 Å². The third kappa shape index (κ3) is 6.08. The Balaban J connectivity index is 1.43. The predicted molar refractivity (Wildman–Crippen MR) is 124 cm³/mol. The molecular formula is C23H36N4O4S. The molecule has 8 nitrogen and oxygen atoms in total. The molecule has 2 fully saturated rings. The standard InChI is InChI=1S/C23H36N4O4S/c1-3-27(4-2)32(30,31)21-10-7-20(8-11-21)9-12-22(28)26-17-15-24(16-18-26)19-23(29)25-13-5-6-14-25/h7-8,10-11H,3-6,9,12-19H2,1-2H3. The Morgan fingerprint density at radius 2 is 1.41 bits per heavy atom. The number of carbonyl (C=O) groups is 2. The van der Waals surface area contributed by atoms with E-state index in [9.17, 15) is 18.0 Å². The van der Waals surface area contributed by atoms with Crippen molar-refractivity contribution in [3.63, 3.8) is 0 Å². The van der Waals surface area contributed by atoms with Gasteiger partial charge in [0.25, 0.3) is 0 Å². The third-order valence-electron chi connectivity index (χ3n) is 6.44. The summed E-state index contributed by atoms with van der Waals surface area (Å²) in [5.41, 5.74) is 0.951. The lowest BCUT2D eigenvalue weighted by molar-refractivity contribution is -0.134. The van der Waals surface area contributed by atoms with Crippen LogP contribution in [0.1, 0.15) is 38.7 Å². The topological polar surface area (TPSA) is 81.2 Å². The molecule has 2 aliphatic rings. The van der Waals surface area contributed by atoms with E-state index < -0.39 is 10.0 Å². The number of carbonyl (C=O) groups excluding carboxylic acids is 2. The van der Waals surface area contributed by atoms with Gasteiger partial charge in [-0.3, -0.25) is 14.5 Å². The second-order valence-corrected chi connectivity index (χ2v) is 10.4. The summed E-state index contributed by atoms with van der Waals surface area (Å²) in [5, 5.41) is 0. The van der Waals surface area contributed by atoms with Crippen molar-refractivity contribution >= 4 is 21.8 Å². The molecule has 178 valence electrons. The quantitative estimate of drug-likeness (QED) is 0.552. The SMILES string of the molecule is CCN(CC)S(=O)(=O)c1ccc(CCC(=O)N2CCN(CC(=O)N3CCCC3)CC2)cc1. The van der Waals surface area contributed by atoms with E-state index in [2.05, 4.69) is 4.90 Å². The van der Waals surface area contributed by atoms with Crippen LogP contribution in [0.5, 0.6) is 0 Å². The van der Waals surface area contributed by atoms with Gasteiger partial charge in [-0.15, -0.1) is 0 Å². The Bertz CT molecular complexity index is 870. The number of rotatable bonds is 9. The molecule has 2 aliphatic heterocycles. The van der Waals surface area contributed by atoms with Crippen LogP contribution in [-0.4, -0.2) is 98.1 Å². The fraction of sp³-hybridized carbons (Fsp3) is 0.652. The van der Waals surface area contributed by atoms with Crippen LogP contribution in [0.3, 0.4) is 0 Å². The van der Waals surface area contributed by atoms with Gasteiger partial charge in [0, 0.05) is 58.8 Å². The highest BCUT2D eigenvalue weighted by molar-refractivity contribution is 7.89. The molecule has 3 rings (SSSR count). The molecule has 0 radical (unpaired) electrons. The summed E-state index contributed by atoms with van der Waals surface area (Å²) >= 11 is 0. The lowest BCUT2D eigenvalue weighted by Gasteiger charge is -2.35. The summed E-state index contributed by atoms with van der Waals surface area (Å²) in [4.78, 5) is 31.2. The summed E-state index contributed by atoms with van der Waals surface area (Å²) in [6.07, 6.45) is 3.18. The summed E-state index contributed by atoms with van der Waals surface area (Å²) in [6, 6.07) is 6.85. The fourth-order valence-corrected chi connectivity index (χ4v) is 5.82. The fourth-order valence-electron chi connectivity index (χ4n) is 4.36. The molecule has 2 saturated heterocycles. The molecule has 1 aromatic carbocycles. The van der Waals surface area contributed by atoms with Crippen molar-refractivity contribution in [3.05, 3.63) is 29.8 Å². The van der Waals surface area contributed by atoms with Crippen LogP contribution in [-0.2, 0) is 26.0 Å². The summed E-state index contributed by atoms with van der Waals surface area (Å²) < 4.78 is 26.6. The number of aryl methyl sites for hydroxylation is 1. The third-order valence-corrected chi connectivity index (χ3v) is 8.50. The van der Waals surface area contributed by atoms with Gasteiger partial charge >= 0.3 is 0 Å². The molecule has 0 bridgehead atoms. The van der Waals surface area contributed by atoms with Crippen LogP contribution >= 0.6 is 0 Å². The van der Waals surface area contributed by atoms with Crippen molar-refractivity contribution in [2.45, 2.75) is 44.4 Å². The van der Waals surface area contributed by atoms with Crippen LogP contribution < -0.4 is 0 Å².